The summed E-state index contributed by atoms with van der Waals surface area (Å²) in [7, 11) is -0.394. The van der Waals surface area contributed by atoms with Gasteiger partial charge in [0.1, 0.15) is 22.9 Å². The Hall–Kier alpha value is -2.79. The monoisotopic (exact) mass is 438 g/mol. The van der Waals surface area contributed by atoms with Crippen molar-refractivity contribution in [3.8, 4) is 5.75 Å². The van der Waals surface area contributed by atoms with Crippen LogP contribution in [0.4, 0.5) is 8.78 Å². The Kier molecular flexibility index (Phi) is 4.89. The van der Waals surface area contributed by atoms with Crippen molar-refractivity contribution in [1.82, 2.24) is 18.7 Å². The van der Waals surface area contributed by atoms with Crippen molar-refractivity contribution < 1.29 is 21.9 Å². The molecule has 0 fully saturated rings. The van der Waals surface area contributed by atoms with Crippen molar-refractivity contribution in [1.29, 1.82) is 0 Å². The van der Waals surface area contributed by atoms with Crippen LogP contribution in [0, 0.1) is 11.6 Å². The molecule has 3 heterocycles. The summed E-state index contributed by atoms with van der Waals surface area (Å²) in [6.07, 6.45) is 3.09. The van der Waals surface area contributed by atoms with Crippen LogP contribution in [0.5, 0.6) is 5.75 Å². The van der Waals surface area contributed by atoms with Gasteiger partial charge in [0, 0.05) is 42.4 Å². The fourth-order valence-electron chi connectivity index (χ4n) is 3.87. The van der Waals surface area contributed by atoms with E-state index in [0.717, 1.165) is 28.6 Å². The predicted octanol–water partition coefficient (Wildman–Crippen LogP) is 1.39. The lowest BCUT2D eigenvalue weighted by Crippen LogP contribution is -2.35. The molecule has 0 saturated carbocycles. The Morgan fingerprint density at radius 3 is 2.50 bits per heavy atom. The molecule has 1 aliphatic heterocycles. The topological polar surface area (TPSA) is 86.4 Å². The zero-order valence-electron chi connectivity index (χ0n) is 16.6. The number of aryl methyl sites for hydroxylation is 1. The van der Waals surface area contributed by atoms with E-state index in [1.807, 2.05) is 0 Å². The van der Waals surface area contributed by atoms with E-state index in [1.54, 1.807) is 11.6 Å². The molecule has 0 saturated heterocycles. The van der Waals surface area contributed by atoms with Crippen LogP contribution >= 0.6 is 0 Å². The maximum absolute atomic E-state index is 14.3. The first-order valence-electron chi connectivity index (χ1n) is 9.15. The molecule has 0 bridgehead atoms. The Bertz CT molecular complexity index is 1310. The van der Waals surface area contributed by atoms with Crippen LogP contribution in [0.1, 0.15) is 16.8 Å². The minimum Gasteiger partial charge on any atom is -0.497 e. The van der Waals surface area contributed by atoms with E-state index < -0.39 is 27.2 Å². The second-order valence-corrected chi connectivity index (χ2v) is 9.25. The number of halogens is 2. The number of benzene rings is 1. The highest BCUT2D eigenvalue weighted by Gasteiger charge is 2.29. The van der Waals surface area contributed by atoms with E-state index >= 15 is 0 Å². The van der Waals surface area contributed by atoms with Gasteiger partial charge in [-0.2, -0.15) is 9.40 Å². The summed E-state index contributed by atoms with van der Waals surface area (Å²) < 4.78 is 61.3. The molecule has 30 heavy (non-hydrogen) atoms. The van der Waals surface area contributed by atoms with Gasteiger partial charge in [0.15, 0.2) is 0 Å². The Labute approximate surface area is 171 Å². The Morgan fingerprint density at radius 1 is 1.23 bits per heavy atom. The Balaban J connectivity index is 1.80. The van der Waals surface area contributed by atoms with Gasteiger partial charge in [-0.1, -0.05) is 0 Å². The van der Waals surface area contributed by atoms with E-state index in [-0.39, 0.29) is 24.4 Å². The Morgan fingerprint density at radius 2 is 1.90 bits per heavy atom. The molecule has 0 amide bonds. The SMILES string of the molecule is COc1cc(F)c(Cn2ncc3c4c(n(C)c3c2=O)CN(S(C)(=O)=O)CC4)c(F)c1. The molecule has 3 aromatic rings. The first-order chi connectivity index (χ1) is 14.1. The van der Waals surface area contributed by atoms with Gasteiger partial charge in [0.2, 0.25) is 10.0 Å². The van der Waals surface area contributed by atoms with Crippen LogP contribution in [0.3, 0.4) is 0 Å². The van der Waals surface area contributed by atoms with Crippen molar-refractivity contribution >= 4 is 20.9 Å². The molecule has 1 aliphatic rings. The number of methoxy groups -OCH3 is 1. The minimum atomic E-state index is -3.37. The molecule has 0 N–H and O–H groups in total. The lowest BCUT2D eigenvalue weighted by molar-refractivity contribution is 0.386. The van der Waals surface area contributed by atoms with Crippen molar-refractivity contribution in [2.24, 2.45) is 7.05 Å². The molecule has 4 rings (SSSR count). The fraction of sp³-hybridized carbons (Fsp3) is 0.368. The van der Waals surface area contributed by atoms with Crippen molar-refractivity contribution in [2.75, 3.05) is 19.9 Å². The average Bonchev–Trinajstić information content (AvgIpc) is 2.98. The molecule has 0 aliphatic carbocycles. The quantitative estimate of drug-likeness (QED) is 0.615. The number of sulfonamides is 1. The lowest BCUT2D eigenvalue weighted by Gasteiger charge is -2.25. The summed E-state index contributed by atoms with van der Waals surface area (Å²) in [5.41, 5.74) is 1.09. The number of nitrogens with zero attached hydrogens (tertiary/aromatic N) is 4. The highest BCUT2D eigenvalue weighted by molar-refractivity contribution is 7.88. The highest BCUT2D eigenvalue weighted by atomic mass is 32.2. The van der Waals surface area contributed by atoms with Gasteiger partial charge in [-0.25, -0.2) is 21.9 Å². The van der Waals surface area contributed by atoms with Crippen molar-refractivity contribution in [2.45, 2.75) is 19.5 Å². The highest BCUT2D eigenvalue weighted by Crippen LogP contribution is 2.29. The molecule has 8 nitrogen and oxygen atoms in total. The summed E-state index contributed by atoms with van der Waals surface area (Å²) in [4.78, 5) is 13.1. The predicted molar refractivity (Wildman–Crippen MR) is 106 cm³/mol. The molecule has 11 heteroatoms. The molecule has 0 unspecified atom stereocenters. The standard InChI is InChI=1S/C19H20F2N4O4S/c1-23-17-10-24(30(3,27)28)5-4-12(17)13-8-22-25(19(26)18(13)23)9-14-15(20)6-11(29-2)7-16(14)21/h6-8H,4-5,9-10H2,1-3H3. The zero-order chi connectivity index (χ0) is 21.8. The molecule has 1 aromatic carbocycles. The van der Waals surface area contributed by atoms with Crippen LogP contribution in [0.2, 0.25) is 0 Å². The van der Waals surface area contributed by atoms with Gasteiger partial charge in [0.05, 0.1) is 32.7 Å². The summed E-state index contributed by atoms with van der Waals surface area (Å²) in [5, 5.41) is 4.73. The third kappa shape index (κ3) is 3.27. The van der Waals surface area contributed by atoms with Gasteiger partial charge in [0.25, 0.3) is 5.56 Å². The molecule has 0 spiro atoms. The van der Waals surface area contributed by atoms with Crippen LogP contribution < -0.4 is 10.3 Å². The fourth-order valence-corrected chi connectivity index (χ4v) is 4.65. The lowest BCUT2D eigenvalue weighted by atomic mass is 10.1. The first-order valence-corrected chi connectivity index (χ1v) is 11.0. The second kappa shape index (κ2) is 7.17. The van der Waals surface area contributed by atoms with Gasteiger partial charge in [-0.15, -0.1) is 0 Å². The number of hydrogen-bond acceptors (Lipinski definition) is 5. The number of fused-ring (bicyclic) bond motifs is 3. The zero-order valence-corrected chi connectivity index (χ0v) is 17.5. The van der Waals surface area contributed by atoms with Crippen LogP contribution in [0.25, 0.3) is 10.9 Å². The molecule has 160 valence electrons. The number of ether oxygens (including phenoxy) is 1. The second-order valence-electron chi connectivity index (χ2n) is 7.27. The normalized spacial score (nSPS) is 14.8. The van der Waals surface area contributed by atoms with Crippen LogP contribution in [-0.2, 0) is 36.6 Å². The van der Waals surface area contributed by atoms with Crippen molar-refractivity contribution in [3.05, 3.63) is 57.1 Å². The van der Waals surface area contributed by atoms with E-state index in [1.165, 1.54) is 17.6 Å². The van der Waals surface area contributed by atoms with Gasteiger partial charge in [-0.05, 0) is 12.0 Å². The maximum atomic E-state index is 14.3. The summed E-state index contributed by atoms with van der Waals surface area (Å²) in [5.74, 6) is -1.64. The van der Waals surface area contributed by atoms with E-state index in [2.05, 4.69) is 5.10 Å². The molecular formula is C19H20F2N4O4S. The number of aromatic nitrogens is 3. The van der Waals surface area contributed by atoms with Gasteiger partial charge >= 0.3 is 0 Å². The summed E-state index contributed by atoms with van der Waals surface area (Å²) in [6, 6.07) is 2.09. The van der Waals surface area contributed by atoms with Crippen LogP contribution in [0.15, 0.2) is 23.1 Å². The third-order valence-electron chi connectivity index (χ3n) is 5.50. The minimum absolute atomic E-state index is 0.0371. The molecule has 0 radical (unpaired) electrons. The number of hydrogen-bond donors (Lipinski definition) is 0. The average molecular weight is 438 g/mol. The summed E-state index contributed by atoms with van der Waals surface area (Å²) in [6.45, 7) is 0.0819. The van der Waals surface area contributed by atoms with Gasteiger partial charge in [-0.3, -0.25) is 4.79 Å². The van der Waals surface area contributed by atoms with Gasteiger partial charge < -0.3 is 9.30 Å². The smallest absolute Gasteiger partial charge is 0.291 e. The van der Waals surface area contributed by atoms with E-state index in [9.17, 15) is 22.0 Å². The molecular weight excluding hydrogens is 418 g/mol. The maximum Gasteiger partial charge on any atom is 0.291 e. The molecule has 2 aromatic heterocycles. The van der Waals surface area contributed by atoms with Crippen molar-refractivity contribution in [3.63, 3.8) is 0 Å². The van der Waals surface area contributed by atoms with Crippen LogP contribution in [-0.4, -0.2) is 47.0 Å². The first kappa shape index (κ1) is 20.5. The summed E-state index contributed by atoms with van der Waals surface area (Å²) >= 11 is 0. The third-order valence-corrected chi connectivity index (χ3v) is 6.75. The largest absolute Gasteiger partial charge is 0.497 e. The number of rotatable bonds is 4. The molecule has 0 atom stereocenters. The van der Waals surface area contributed by atoms with E-state index in [0.29, 0.717) is 29.6 Å². The van der Waals surface area contributed by atoms with E-state index in [4.69, 9.17) is 4.74 Å².